The van der Waals surface area contributed by atoms with Gasteiger partial charge in [-0.15, -0.1) is 22.0 Å². The molecule has 2 N–H and O–H groups in total. The summed E-state index contributed by atoms with van der Waals surface area (Å²) >= 11 is 1.35. The second-order valence-corrected chi connectivity index (χ2v) is 6.36. The Hall–Kier alpha value is -1.87. The molecule has 1 fully saturated rings. The summed E-state index contributed by atoms with van der Waals surface area (Å²) in [6.45, 7) is 1.45. The van der Waals surface area contributed by atoms with Crippen LogP contribution >= 0.6 is 11.8 Å². The maximum Gasteiger partial charge on any atom is 0.353 e. The van der Waals surface area contributed by atoms with Gasteiger partial charge in [-0.3, -0.25) is 9.69 Å². The zero-order chi connectivity index (χ0) is 15.9. The van der Waals surface area contributed by atoms with E-state index in [0.29, 0.717) is 35.9 Å². The Labute approximate surface area is 130 Å². The first-order valence-corrected chi connectivity index (χ1v) is 7.77. The molecular weight excluding hydrogens is 310 g/mol. The molecule has 0 aliphatic carbocycles. The highest BCUT2D eigenvalue weighted by atomic mass is 32.2. The van der Waals surface area contributed by atoms with Crippen LogP contribution in [0.3, 0.4) is 0 Å². The first kappa shape index (κ1) is 15.0. The van der Waals surface area contributed by atoms with E-state index in [1.165, 1.54) is 16.7 Å². The summed E-state index contributed by atoms with van der Waals surface area (Å²) in [4.78, 5) is 25.2. The summed E-state index contributed by atoms with van der Waals surface area (Å²) in [7, 11) is 0. The molecule has 1 amide bonds. The Kier molecular flexibility index (Phi) is 3.92. The van der Waals surface area contributed by atoms with Crippen molar-refractivity contribution in [2.24, 2.45) is 5.92 Å². The molecule has 2 aliphatic rings. The van der Waals surface area contributed by atoms with Crippen LogP contribution in [-0.4, -0.2) is 49.2 Å². The minimum atomic E-state index is -1.11. The molecule has 2 aliphatic heterocycles. The number of nitrogens with zero attached hydrogens (tertiary/aromatic N) is 3. The van der Waals surface area contributed by atoms with Crippen molar-refractivity contribution in [3.05, 3.63) is 22.4 Å². The summed E-state index contributed by atoms with van der Waals surface area (Å²) in [6, 6.07) is 0. The van der Waals surface area contributed by atoms with Crippen molar-refractivity contribution >= 4 is 23.6 Å². The third kappa shape index (κ3) is 2.40. The SMILES string of the molecule is Cc1nnc(CCCC2=C(C(=O)O)N3C(=O)[C@H](CO)[C@H]3S2)o1. The van der Waals surface area contributed by atoms with E-state index in [4.69, 9.17) is 4.42 Å². The van der Waals surface area contributed by atoms with E-state index in [9.17, 15) is 19.8 Å². The summed E-state index contributed by atoms with van der Waals surface area (Å²) in [5.41, 5.74) is 0.0476. The van der Waals surface area contributed by atoms with Crippen molar-refractivity contribution in [3.8, 4) is 0 Å². The van der Waals surface area contributed by atoms with Gasteiger partial charge >= 0.3 is 5.97 Å². The van der Waals surface area contributed by atoms with Gasteiger partial charge in [0.1, 0.15) is 11.1 Å². The number of allylic oxidation sites excluding steroid dienone is 1. The number of hydrogen-bond donors (Lipinski definition) is 2. The molecule has 0 saturated carbocycles. The number of aliphatic hydroxyl groups excluding tert-OH is 1. The monoisotopic (exact) mass is 325 g/mol. The smallest absolute Gasteiger partial charge is 0.353 e. The molecule has 3 rings (SSSR count). The van der Waals surface area contributed by atoms with Crippen molar-refractivity contribution in [1.82, 2.24) is 15.1 Å². The van der Waals surface area contributed by atoms with E-state index in [-0.39, 0.29) is 23.6 Å². The number of aromatic nitrogens is 2. The van der Waals surface area contributed by atoms with Crippen molar-refractivity contribution < 1.29 is 24.2 Å². The molecule has 118 valence electrons. The van der Waals surface area contributed by atoms with Crippen LogP contribution in [0.5, 0.6) is 0 Å². The molecule has 9 heteroatoms. The van der Waals surface area contributed by atoms with E-state index in [1.54, 1.807) is 6.92 Å². The van der Waals surface area contributed by atoms with Gasteiger partial charge in [0.25, 0.3) is 0 Å². The Morgan fingerprint density at radius 2 is 2.18 bits per heavy atom. The Bertz CT molecular complexity index is 656. The number of carboxylic acid groups (broad SMARTS) is 1. The highest BCUT2D eigenvalue weighted by Crippen LogP contribution is 2.50. The van der Waals surface area contributed by atoms with Crippen molar-refractivity contribution in [2.75, 3.05) is 6.61 Å². The Morgan fingerprint density at radius 1 is 1.41 bits per heavy atom. The number of aliphatic hydroxyl groups is 1. The van der Waals surface area contributed by atoms with E-state index in [0.717, 1.165) is 0 Å². The topological polar surface area (TPSA) is 117 Å². The zero-order valence-corrected chi connectivity index (χ0v) is 12.7. The van der Waals surface area contributed by atoms with Gasteiger partial charge in [0.05, 0.1) is 12.5 Å². The fourth-order valence-electron chi connectivity index (χ4n) is 2.64. The molecule has 3 heterocycles. The van der Waals surface area contributed by atoms with Crippen molar-refractivity contribution in [2.45, 2.75) is 31.6 Å². The van der Waals surface area contributed by atoms with Gasteiger partial charge in [-0.05, 0) is 12.8 Å². The molecule has 0 unspecified atom stereocenters. The first-order chi connectivity index (χ1) is 10.5. The van der Waals surface area contributed by atoms with E-state index < -0.39 is 11.9 Å². The zero-order valence-electron chi connectivity index (χ0n) is 11.9. The standard InChI is InChI=1S/C13H15N3O5S/c1-6-14-15-9(21-6)4-2-3-8-10(13(19)20)16-11(18)7(5-17)12(16)22-8/h7,12,17H,2-5H2,1H3,(H,19,20)/t7-,12+/m0/s1. The Morgan fingerprint density at radius 3 is 2.77 bits per heavy atom. The van der Waals surface area contributed by atoms with Gasteiger partial charge in [0, 0.05) is 18.2 Å². The number of thioether (sulfide) groups is 1. The maximum atomic E-state index is 11.9. The molecule has 2 atom stereocenters. The van der Waals surface area contributed by atoms with E-state index in [2.05, 4.69) is 10.2 Å². The second-order valence-electron chi connectivity index (χ2n) is 5.15. The van der Waals surface area contributed by atoms with E-state index in [1.807, 2.05) is 0 Å². The normalized spacial score (nSPS) is 23.7. The number of carbonyl (C=O) groups is 2. The van der Waals surface area contributed by atoms with Crippen molar-refractivity contribution in [1.29, 1.82) is 0 Å². The van der Waals surface area contributed by atoms with Crippen molar-refractivity contribution in [3.63, 3.8) is 0 Å². The van der Waals surface area contributed by atoms with Gasteiger partial charge in [-0.25, -0.2) is 4.79 Å². The predicted molar refractivity (Wildman–Crippen MR) is 75.4 cm³/mol. The lowest BCUT2D eigenvalue weighted by atomic mass is 9.98. The van der Waals surface area contributed by atoms with Gasteiger partial charge in [0.2, 0.25) is 17.7 Å². The fraction of sp³-hybridized carbons (Fsp3) is 0.538. The van der Waals surface area contributed by atoms with Crippen LogP contribution in [-0.2, 0) is 16.0 Å². The molecule has 0 aromatic carbocycles. The number of carbonyl (C=O) groups excluding carboxylic acids is 1. The number of hydrogen-bond acceptors (Lipinski definition) is 7. The molecule has 0 radical (unpaired) electrons. The maximum absolute atomic E-state index is 11.9. The van der Waals surface area contributed by atoms with Gasteiger partial charge in [-0.2, -0.15) is 0 Å². The summed E-state index contributed by atoms with van der Waals surface area (Å²) < 4.78 is 5.27. The first-order valence-electron chi connectivity index (χ1n) is 6.89. The van der Waals surface area contributed by atoms with Crippen LogP contribution in [0.25, 0.3) is 0 Å². The van der Waals surface area contributed by atoms with Gasteiger partial charge in [0.15, 0.2) is 0 Å². The number of fused-ring (bicyclic) bond motifs is 1. The van der Waals surface area contributed by atoms with Crippen LogP contribution in [0.2, 0.25) is 0 Å². The molecule has 1 saturated heterocycles. The molecular formula is C13H15N3O5S. The minimum Gasteiger partial charge on any atom is -0.477 e. The van der Waals surface area contributed by atoms with Gasteiger partial charge in [-0.1, -0.05) is 0 Å². The molecule has 8 nitrogen and oxygen atoms in total. The molecule has 1 aromatic rings. The minimum absolute atomic E-state index is 0.0476. The number of aryl methyl sites for hydroxylation is 2. The summed E-state index contributed by atoms with van der Waals surface area (Å²) in [6.07, 6.45) is 1.73. The van der Waals surface area contributed by atoms with Crippen LogP contribution in [0.1, 0.15) is 24.6 Å². The van der Waals surface area contributed by atoms with Gasteiger partial charge < -0.3 is 14.6 Å². The number of carboxylic acids is 1. The van der Waals surface area contributed by atoms with E-state index >= 15 is 0 Å². The predicted octanol–water partition coefficient (Wildman–Crippen LogP) is 0.521. The third-order valence-electron chi connectivity index (χ3n) is 3.68. The lowest BCUT2D eigenvalue weighted by Gasteiger charge is -2.41. The number of rotatable bonds is 6. The average molecular weight is 325 g/mol. The van der Waals surface area contributed by atoms with Crippen LogP contribution in [0.4, 0.5) is 0 Å². The van der Waals surface area contributed by atoms with Crippen LogP contribution < -0.4 is 0 Å². The number of aliphatic carboxylic acids is 1. The number of β-lactam (4-membered cyclic amide) rings is 1. The lowest BCUT2D eigenvalue weighted by molar-refractivity contribution is -0.153. The second kappa shape index (κ2) is 5.73. The molecule has 0 spiro atoms. The quantitative estimate of drug-likeness (QED) is 0.727. The summed E-state index contributed by atoms with van der Waals surface area (Å²) in [5.74, 6) is -0.916. The fourth-order valence-corrected chi connectivity index (χ4v) is 4.17. The lowest BCUT2D eigenvalue weighted by Crippen LogP contribution is -2.58. The molecule has 1 aromatic heterocycles. The average Bonchev–Trinajstić information content (AvgIpc) is 3.02. The highest BCUT2D eigenvalue weighted by Gasteiger charge is 2.55. The van der Waals surface area contributed by atoms with Crippen LogP contribution in [0, 0.1) is 12.8 Å². The highest BCUT2D eigenvalue weighted by molar-refractivity contribution is 8.04. The largest absolute Gasteiger partial charge is 0.477 e. The summed E-state index contributed by atoms with van der Waals surface area (Å²) in [5, 5.41) is 25.9. The number of amides is 1. The van der Waals surface area contributed by atoms with Crippen LogP contribution in [0.15, 0.2) is 15.0 Å². The molecule has 22 heavy (non-hydrogen) atoms. The molecule has 0 bridgehead atoms. The Balaban J connectivity index is 1.67. The third-order valence-corrected chi connectivity index (χ3v) is 5.15.